The van der Waals surface area contributed by atoms with Crippen molar-refractivity contribution in [3.05, 3.63) is 54.5 Å². The Labute approximate surface area is 173 Å². The lowest BCUT2D eigenvalue weighted by molar-refractivity contribution is 0.0947. The molecule has 1 fully saturated rings. The van der Waals surface area contributed by atoms with Gasteiger partial charge in [0.25, 0.3) is 5.91 Å². The number of pyridine rings is 1. The zero-order valence-corrected chi connectivity index (χ0v) is 16.5. The second kappa shape index (κ2) is 7.22. The van der Waals surface area contributed by atoms with E-state index in [-0.39, 0.29) is 17.4 Å². The lowest BCUT2D eigenvalue weighted by atomic mass is 10.0. The Morgan fingerprint density at radius 2 is 2.07 bits per heavy atom. The van der Waals surface area contributed by atoms with Crippen LogP contribution in [0.1, 0.15) is 23.3 Å². The molecule has 0 atom stereocenters. The number of benzene rings is 1. The first-order chi connectivity index (χ1) is 14.6. The van der Waals surface area contributed by atoms with Crippen molar-refractivity contribution in [2.45, 2.75) is 12.8 Å². The highest BCUT2D eigenvalue weighted by molar-refractivity contribution is 5.98. The Kier molecular flexibility index (Phi) is 4.39. The number of nitrogens with zero attached hydrogens (tertiary/aromatic N) is 5. The van der Waals surface area contributed by atoms with Gasteiger partial charge in [0.2, 0.25) is 0 Å². The number of fused-ring (bicyclic) bond motifs is 1. The van der Waals surface area contributed by atoms with Crippen LogP contribution >= 0.6 is 0 Å². The Hall–Kier alpha value is -3.81. The first kappa shape index (κ1) is 18.2. The van der Waals surface area contributed by atoms with Crippen LogP contribution in [0.5, 0.6) is 0 Å². The molecule has 150 valence electrons. The van der Waals surface area contributed by atoms with E-state index in [2.05, 4.69) is 25.4 Å². The molecule has 8 heteroatoms. The topological polar surface area (TPSA) is 112 Å². The third kappa shape index (κ3) is 3.47. The molecule has 3 N–H and O–H groups in total. The van der Waals surface area contributed by atoms with Crippen molar-refractivity contribution in [3.8, 4) is 22.6 Å². The van der Waals surface area contributed by atoms with Crippen LogP contribution in [-0.2, 0) is 7.05 Å². The maximum absolute atomic E-state index is 12.7. The van der Waals surface area contributed by atoms with Crippen molar-refractivity contribution in [3.63, 3.8) is 0 Å². The molecule has 3 heterocycles. The van der Waals surface area contributed by atoms with Crippen LogP contribution in [0, 0.1) is 5.92 Å². The first-order valence-corrected chi connectivity index (χ1v) is 9.89. The van der Waals surface area contributed by atoms with Gasteiger partial charge >= 0.3 is 0 Å². The Bertz CT molecular complexity index is 1260. The van der Waals surface area contributed by atoms with Gasteiger partial charge in [-0.25, -0.2) is 9.97 Å². The fourth-order valence-corrected chi connectivity index (χ4v) is 3.40. The SMILES string of the molecule is Cn1ccc(-c2nc(N)c(C(=O)NCC3CC3)nc2-c2ccc3ncccc3c2)n1. The van der Waals surface area contributed by atoms with Crippen molar-refractivity contribution in [2.75, 3.05) is 12.3 Å². The molecule has 5 rings (SSSR count). The molecule has 1 aliphatic carbocycles. The zero-order chi connectivity index (χ0) is 20.7. The zero-order valence-electron chi connectivity index (χ0n) is 16.5. The summed E-state index contributed by atoms with van der Waals surface area (Å²) in [7, 11) is 1.83. The Morgan fingerprint density at radius 3 is 2.83 bits per heavy atom. The van der Waals surface area contributed by atoms with Gasteiger partial charge in [-0.3, -0.25) is 14.5 Å². The Morgan fingerprint density at radius 1 is 1.20 bits per heavy atom. The van der Waals surface area contributed by atoms with E-state index >= 15 is 0 Å². The minimum absolute atomic E-state index is 0.0927. The standard InChI is InChI=1S/C22H21N7O/c1-29-10-8-17(28-29)19-18(15-6-7-16-14(11-15)3-2-9-24-16)26-20(21(23)27-19)22(30)25-12-13-4-5-13/h2-3,6-11,13H,4-5,12H2,1H3,(H2,23,27)(H,25,30). The van der Waals surface area contributed by atoms with Gasteiger partial charge in [-0.1, -0.05) is 12.1 Å². The number of carbonyl (C=O) groups is 1. The van der Waals surface area contributed by atoms with Crippen LogP contribution in [0.4, 0.5) is 5.82 Å². The van der Waals surface area contributed by atoms with E-state index in [0.29, 0.717) is 29.5 Å². The molecule has 0 bridgehead atoms. The van der Waals surface area contributed by atoms with Gasteiger partial charge in [0.15, 0.2) is 11.5 Å². The summed E-state index contributed by atoms with van der Waals surface area (Å²) in [5, 5.41) is 8.35. The van der Waals surface area contributed by atoms with Crippen LogP contribution in [0.3, 0.4) is 0 Å². The van der Waals surface area contributed by atoms with Crippen molar-refractivity contribution < 1.29 is 4.79 Å². The monoisotopic (exact) mass is 399 g/mol. The molecule has 1 aliphatic rings. The summed E-state index contributed by atoms with van der Waals surface area (Å²) >= 11 is 0. The molecule has 1 amide bonds. The molecule has 0 spiro atoms. The number of hydrogen-bond donors (Lipinski definition) is 2. The molecule has 1 aromatic carbocycles. The van der Waals surface area contributed by atoms with E-state index in [1.54, 1.807) is 10.9 Å². The molecule has 0 unspecified atom stereocenters. The summed E-state index contributed by atoms with van der Waals surface area (Å²) in [4.78, 5) is 26.3. The smallest absolute Gasteiger partial charge is 0.273 e. The third-order valence-corrected chi connectivity index (χ3v) is 5.22. The number of carbonyl (C=O) groups excluding carboxylic acids is 1. The van der Waals surface area contributed by atoms with Crippen LogP contribution in [0.25, 0.3) is 33.5 Å². The number of aromatic nitrogens is 5. The summed E-state index contributed by atoms with van der Waals surface area (Å²) in [6.07, 6.45) is 5.89. The normalized spacial score (nSPS) is 13.5. The predicted octanol–water partition coefficient (Wildman–Crippen LogP) is 2.81. The van der Waals surface area contributed by atoms with Gasteiger partial charge in [0, 0.05) is 36.9 Å². The molecule has 0 aliphatic heterocycles. The lowest BCUT2D eigenvalue weighted by Gasteiger charge is -2.12. The molecule has 8 nitrogen and oxygen atoms in total. The van der Waals surface area contributed by atoms with Gasteiger partial charge in [0.05, 0.1) is 11.2 Å². The van der Waals surface area contributed by atoms with Gasteiger partial charge in [-0.2, -0.15) is 5.10 Å². The second-order valence-corrected chi connectivity index (χ2v) is 7.59. The van der Waals surface area contributed by atoms with E-state index in [0.717, 1.165) is 29.3 Å². The molecular weight excluding hydrogens is 378 g/mol. The second-order valence-electron chi connectivity index (χ2n) is 7.59. The van der Waals surface area contributed by atoms with Crippen molar-refractivity contribution in [1.29, 1.82) is 0 Å². The molecule has 0 radical (unpaired) electrons. The summed E-state index contributed by atoms with van der Waals surface area (Å²) in [6, 6.07) is 11.6. The van der Waals surface area contributed by atoms with E-state index in [4.69, 9.17) is 5.73 Å². The average molecular weight is 399 g/mol. The maximum atomic E-state index is 12.7. The van der Waals surface area contributed by atoms with Gasteiger partial charge in [0.1, 0.15) is 11.4 Å². The van der Waals surface area contributed by atoms with Gasteiger partial charge in [-0.15, -0.1) is 0 Å². The van der Waals surface area contributed by atoms with Crippen LogP contribution in [-0.4, -0.2) is 37.2 Å². The lowest BCUT2D eigenvalue weighted by Crippen LogP contribution is -2.28. The molecule has 3 aromatic heterocycles. The van der Waals surface area contributed by atoms with Crippen LogP contribution < -0.4 is 11.1 Å². The largest absolute Gasteiger partial charge is 0.382 e. The summed E-state index contributed by atoms with van der Waals surface area (Å²) in [5.41, 5.74) is 9.72. The average Bonchev–Trinajstić information content (AvgIpc) is 3.50. The van der Waals surface area contributed by atoms with E-state index in [1.807, 2.05) is 49.6 Å². The molecule has 4 aromatic rings. The minimum atomic E-state index is -0.303. The summed E-state index contributed by atoms with van der Waals surface area (Å²) in [5.74, 6) is 0.349. The van der Waals surface area contributed by atoms with Crippen molar-refractivity contribution in [2.24, 2.45) is 13.0 Å². The van der Waals surface area contributed by atoms with Crippen molar-refractivity contribution >= 4 is 22.6 Å². The van der Waals surface area contributed by atoms with E-state index < -0.39 is 0 Å². The minimum Gasteiger partial charge on any atom is -0.382 e. The fourth-order valence-electron chi connectivity index (χ4n) is 3.40. The highest BCUT2D eigenvalue weighted by atomic mass is 16.1. The van der Waals surface area contributed by atoms with Crippen LogP contribution in [0.2, 0.25) is 0 Å². The number of amides is 1. The number of aryl methyl sites for hydroxylation is 1. The number of hydrogen-bond acceptors (Lipinski definition) is 6. The third-order valence-electron chi connectivity index (χ3n) is 5.22. The predicted molar refractivity (Wildman–Crippen MR) is 114 cm³/mol. The van der Waals surface area contributed by atoms with Crippen molar-refractivity contribution in [1.82, 2.24) is 30.0 Å². The van der Waals surface area contributed by atoms with Gasteiger partial charge in [-0.05, 0) is 43.0 Å². The number of nitrogens with one attached hydrogen (secondary N) is 1. The fraction of sp³-hybridized carbons (Fsp3) is 0.227. The highest BCUT2D eigenvalue weighted by Gasteiger charge is 2.25. The molecule has 30 heavy (non-hydrogen) atoms. The molecule has 0 saturated heterocycles. The van der Waals surface area contributed by atoms with E-state index in [1.165, 1.54) is 0 Å². The number of nitrogen functional groups attached to an aromatic ring is 1. The molecular formula is C22H21N7O. The summed E-state index contributed by atoms with van der Waals surface area (Å²) < 4.78 is 1.69. The summed E-state index contributed by atoms with van der Waals surface area (Å²) in [6.45, 7) is 0.638. The Balaban J connectivity index is 1.64. The quantitative estimate of drug-likeness (QED) is 0.534. The number of nitrogens with two attached hydrogens (primary N) is 1. The number of anilines is 1. The van der Waals surface area contributed by atoms with Gasteiger partial charge < -0.3 is 11.1 Å². The first-order valence-electron chi connectivity index (χ1n) is 9.89. The van der Waals surface area contributed by atoms with E-state index in [9.17, 15) is 4.79 Å². The highest BCUT2D eigenvalue weighted by Crippen LogP contribution is 2.32. The maximum Gasteiger partial charge on any atom is 0.273 e. The van der Waals surface area contributed by atoms with Crippen LogP contribution in [0.15, 0.2) is 48.8 Å². The number of rotatable bonds is 5. The molecule has 1 saturated carbocycles.